The number of aliphatic hydroxyl groups is 1. The summed E-state index contributed by atoms with van der Waals surface area (Å²) in [5.74, 6) is -0.577. The van der Waals surface area contributed by atoms with E-state index in [1.807, 2.05) is 24.3 Å². The molecule has 0 spiro atoms. The lowest BCUT2D eigenvalue weighted by atomic mass is 9.98. The van der Waals surface area contributed by atoms with Crippen LogP contribution >= 0.6 is 11.3 Å². The molecule has 2 heterocycles. The molecule has 8 nitrogen and oxygen atoms in total. The number of rotatable bonds is 11. The van der Waals surface area contributed by atoms with Crippen molar-refractivity contribution in [3.05, 3.63) is 64.3 Å². The molecule has 0 radical (unpaired) electrons. The number of amides is 1. The highest BCUT2D eigenvalue weighted by Gasteiger charge is 2.22. The van der Waals surface area contributed by atoms with Crippen LogP contribution < -0.4 is 16.8 Å². The topological polar surface area (TPSA) is 147 Å². The highest BCUT2D eigenvalue weighted by Crippen LogP contribution is 2.41. The van der Waals surface area contributed by atoms with Gasteiger partial charge in [-0.3, -0.25) is 9.79 Å². The van der Waals surface area contributed by atoms with Crippen LogP contribution in [0.1, 0.15) is 35.3 Å². The highest BCUT2D eigenvalue weighted by atomic mass is 32.1. The van der Waals surface area contributed by atoms with E-state index in [0.717, 1.165) is 33.7 Å². The molecule has 0 bridgehead atoms. The van der Waals surface area contributed by atoms with Crippen LogP contribution in [0, 0.1) is 17.1 Å². The lowest BCUT2D eigenvalue weighted by Gasteiger charge is -2.24. The smallest absolute Gasteiger partial charge is 0.207 e. The first-order chi connectivity index (χ1) is 18.9. The minimum atomic E-state index is -0.577. The standard InChI is InChI=1S/C29H32FN5O3S/c30-25-11-18(3-4-20(25)14-31)24-13-23(12-22(32)2-1-8-34-17-36)39-29(24)19-5-6-26(33)21(10-19)15-35-27-16-38-9-7-28(27)37/h3-6,10-11,13,15,17,22,27-28,37H,1-2,7-9,12,16,32-33H2,(H,34,36). The second-order valence-electron chi connectivity index (χ2n) is 9.56. The van der Waals surface area contributed by atoms with Crippen LogP contribution in [0.15, 0.2) is 47.5 Å². The summed E-state index contributed by atoms with van der Waals surface area (Å²) in [7, 11) is 0. The molecule has 1 saturated heterocycles. The van der Waals surface area contributed by atoms with Crippen LogP contribution in [0.25, 0.3) is 21.6 Å². The molecular formula is C29H32FN5O3S. The molecular weight excluding hydrogens is 517 g/mol. The van der Waals surface area contributed by atoms with Crippen LogP contribution in [0.4, 0.5) is 10.1 Å². The molecule has 2 aromatic carbocycles. The number of carbonyl (C=O) groups excluding carboxylic acids is 1. The molecule has 3 aromatic rings. The average Bonchev–Trinajstić information content (AvgIpc) is 3.35. The number of nitriles is 1. The Morgan fingerprint density at radius 1 is 1.28 bits per heavy atom. The molecule has 3 atom stereocenters. The minimum absolute atomic E-state index is 0.0124. The first-order valence-corrected chi connectivity index (χ1v) is 13.7. The summed E-state index contributed by atoms with van der Waals surface area (Å²) in [5, 5.41) is 22.0. The van der Waals surface area contributed by atoms with Crippen molar-refractivity contribution in [3.63, 3.8) is 0 Å². The first kappa shape index (κ1) is 28.4. The SMILES string of the molecule is N#Cc1ccc(-c2cc(CC(N)CCCNC=O)sc2-c2ccc(N)c(C=NC3COCCC3O)c2)cc1F. The number of aliphatic hydroxyl groups excluding tert-OH is 1. The number of aliphatic imine (C=N–C) groups is 1. The number of ether oxygens (including phenoxy) is 1. The van der Waals surface area contributed by atoms with Crippen molar-refractivity contribution in [1.82, 2.24) is 5.32 Å². The van der Waals surface area contributed by atoms with Crippen LogP contribution in [-0.4, -0.2) is 55.7 Å². The van der Waals surface area contributed by atoms with Crippen molar-refractivity contribution in [2.45, 2.75) is 43.9 Å². The van der Waals surface area contributed by atoms with Gasteiger partial charge >= 0.3 is 0 Å². The number of nitrogens with two attached hydrogens (primary N) is 2. The number of benzene rings is 2. The average molecular weight is 550 g/mol. The van der Waals surface area contributed by atoms with E-state index in [-0.39, 0.29) is 17.6 Å². The van der Waals surface area contributed by atoms with E-state index in [1.54, 1.807) is 29.7 Å². The third-order valence-electron chi connectivity index (χ3n) is 6.67. The summed E-state index contributed by atoms with van der Waals surface area (Å²) < 4.78 is 20.0. The van der Waals surface area contributed by atoms with E-state index >= 15 is 0 Å². The third kappa shape index (κ3) is 7.28. The predicted molar refractivity (Wildman–Crippen MR) is 152 cm³/mol. The molecule has 0 aliphatic carbocycles. The number of hydrogen-bond donors (Lipinski definition) is 4. The van der Waals surface area contributed by atoms with Gasteiger partial charge in [0.15, 0.2) is 0 Å². The zero-order valence-electron chi connectivity index (χ0n) is 21.5. The Bertz CT molecular complexity index is 1370. The lowest BCUT2D eigenvalue weighted by Crippen LogP contribution is -2.35. The lowest BCUT2D eigenvalue weighted by molar-refractivity contribution is -0.109. The van der Waals surface area contributed by atoms with Gasteiger partial charge in [-0.1, -0.05) is 12.1 Å². The van der Waals surface area contributed by atoms with E-state index in [0.29, 0.717) is 55.8 Å². The van der Waals surface area contributed by atoms with Gasteiger partial charge in [0.2, 0.25) is 6.41 Å². The number of nitrogens with zero attached hydrogens (tertiary/aromatic N) is 2. The third-order valence-corrected chi connectivity index (χ3v) is 7.88. The summed E-state index contributed by atoms with van der Waals surface area (Å²) in [5.41, 5.74) is 16.2. The molecule has 6 N–H and O–H groups in total. The molecule has 0 saturated carbocycles. The van der Waals surface area contributed by atoms with Crippen LogP contribution in [0.5, 0.6) is 0 Å². The summed E-state index contributed by atoms with van der Waals surface area (Å²) in [6, 6.07) is 13.7. The van der Waals surface area contributed by atoms with E-state index in [2.05, 4.69) is 10.3 Å². The number of nitrogen functional groups attached to an aromatic ring is 1. The first-order valence-electron chi connectivity index (χ1n) is 12.8. The fourth-order valence-electron chi connectivity index (χ4n) is 4.49. The Kier molecular flexibility index (Phi) is 9.79. The van der Waals surface area contributed by atoms with Gasteiger partial charge in [0, 0.05) is 52.0 Å². The summed E-state index contributed by atoms with van der Waals surface area (Å²) in [4.78, 5) is 17.0. The molecule has 10 heteroatoms. The second-order valence-corrected chi connectivity index (χ2v) is 10.7. The quantitative estimate of drug-likeness (QED) is 0.124. The molecule has 1 amide bonds. The van der Waals surface area contributed by atoms with Crippen molar-refractivity contribution >= 4 is 29.6 Å². The molecule has 1 aliphatic rings. The van der Waals surface area contributed by atoms with Crippen molar-refractivity contribution in [1.29, 1.82) is 5.26 Å². The summed E-state index contributed by atoms with van der Waals surface area (Å²) in [6.45, 7) is 1.44. The number of thiophene rings is 1. The van der Waals surface area contributed by atoms with Gasteiger partial charge in [0.05, 0.1) is 24.3 Å². The summed E-state index contributed by atoms with van der Waals surface area (Å²) >= 11 is 1.57. The number of hydrogen-bond acceptors (Lipinski definition) is 8. The van der Waals surface area contributed by atoms with E-state index in [9.17, 15) is 14.3 Å². The van der Waals surface area contributed by atoms with Gasteiger partial charge in [-0.2, -0.15) is 5.26 Å². The Hall–Kier alpha value is -3.62. The Balaban J connectivity index is 1.67. The number of carbonyl (C=O) groups is 1. The fourth-order valence-corrected chi connectivity index (χ4v) is 5.76. The maximum absolute atomic E-state index is 14.6. The normalized spacial score (nSPS) is 18.1. The Morgan fingerprint density at radius 3 is 2.85 bits per heavy atom. The van der Waals surface area contributed by atoms with Crippen molar-refractivity contribution in [2.75, 3.05) is 25.5 Å². The highest BCUT2D eigenvalue weighted by molar-refractivity contribution is 7.16. The molecule has 39 heavy (non-hydrogen) atoms. The van der Waals surface area contributed by atoms with E-state index < -0.39 is 11.9 Å². The van der Waals surface area contributed by atoms with Crippen molar-refractivity contribution in [3.8, 4) is 27.6 Å². The van der Waals surface area contributed by atoms with Gasteiger partial charge in [-0.25, -0.2) is 4.39 Å². The largest absolute Gasteiger partial charge is 0.398 e. The van der Waals surface area contributed by atoms with E-state index in [4.69, 9.17) is 21.5 Å². The van der Waals surface area contributed by atoms with Crippen molar-refractivity contribution < 1.29 is 19.0 Å². The van der Waals surface area contributed by atoms with Gasteiger partial charge < -0.3 is 26.6 Å². The van der Waals surface area contributed by atoms with E-state index in [1.165, 1.54) is 12.1 Å². The molecule has 1 aliphatic heterocycles. The number of nitrogens with one attached hydrogen (secondary N) is 1. The molecule has 1 fully saturated rings. The van der Waals surface area contributed by atoms with Gasteiger partial charge in [-0.05, 0) is 67.1 Å². The maximum atomic E-state index is 14.6. The second kappa shape index (κ2) is 13.4. The zero-order chi connectivity index (χ0) is 27.8. The Morgan fingerprint density at radius 2 is 2.10 bits per heavy atom. The zero-order valence-corrected chi connectivity index (χ0v) is 22.3. The van der Waals surface area contributed by atoms with Gasteiger partial charge in [-0.15, -0.1) is 11.3 Å². The Labute approximate surface area is 231 Å². The van der Waals surface area contributed by atoms with Gasteiger partial charge in [0.1, 0.15) is 11.9 Å². The minimum Gasteiger partial charge on any atom is -0.398 e. The number of anilines is 1. The fraction of sp³-hybridized carbons (Fsp3) is 0.345. The van der Waals surface area contributed by atoms with Crippen LogP contribution in [-0.2, 0) is 16.0 Å². The van der Waals surface area contributed by atoms with Gasteiger partial charge in [0.25, 0.3) is 0 Å². The maximum Gasteiger partial charge on any atom is 0.207 e. The van der Waals surface area contributed by atoms with Crippen LogP contribution in [0.3, 0.4) is 0 Å². The predicted octanol–water partition coefficient (Wildman–Crippen LogP) is 3.64. The van der Waals surface area contributed by atoms with Crippen molar-refractivity contribution in [2.24, 2.45) is 10.7 Å². The summed E-state index contributed by atoms with van der Waals surface area (Å²) in [6.07, 6.45) is 4.46. The molecule has 3 unspecified atom stereocenters. The molecule has 4 rings (SSSR count). The molecule has 204 valence electrons. The monoisotopic (exact) mass is 549 g/mol. The molecule has 1 aromatic heterocycles. The van der Waals surface area contributed by atoms with Crippen LogP contribution in [0.2, 0.25) is 0 Å². The number of halogens is 1.